The third-order valence-corrected chi connectivity index (χ3v) is 47.9. The molecule has 1 aliphatic rings. The Balaban J connectivity index is 2.38. The van der Waals surface area contributed by atoms with Gasteiger partial charge in [-0.1, -0.05) is 152 Å². The van der Waals surface area contributed by atoms with Crippen LogP contribution in [0.4, 0.5) is 0 Å². The molecule has 1 saturated heterocycles. The van der Waals surface area contributed by atoms with Gasteiger partial charge in [-0.15, -0.1) is 0 Å². The predicted octanol–water partition coefficient (Wildman–Crippen LogP) is 9.20. The minimum atomic E-state index is -1.49. The molecule has 0 spiro atoms. The Morgan fingerprint density at radius 3 is 1.06 bits per heavy atom. The van der Waals surface area contributed by atoms with Gasteiger partial charge in [0.25, 0.3) is 0 Å². The fourth-order valence-electron chi connectivity index (χ4n) is 8.98. The zero-order chi connectivity index (χ0) is 27.2. The van der Waals surface area contributed by atoms with Crippen LogP contribution in [0.15, 0.2) is 60.7 Å². The quantitative estimate of drug-likeness (QED) is 0.272. The van der Waals surface area contributed by atoms with Gasteiger partial charge in [-0.05, 0) is 19.7 Å². The van der Waals surface area contributed by atoms with Crippen LogP contribution < -0.4 is 0 Å². The monoisotopic (exact) mass is 569 g/mol. The Morgan fingerprint density at radius 2 is 0.806 bits per heavy atom. The first-order chi connectivity index (χ1) is 16.4. The van der Waals surface area contributed by atoms with E-state index in [2.05, 4.69) is 144 Å². The summed E-state index contributed by atoms with van der Waals surface area (Å²) in [5.74, 6) is 0. The van der Waals surface area contributed by atoms with Gasteiger partial charge in [-0.25, -0.2) is 0 Å². The van der Waals surface area contributed by atoms with Crippen molar-refractivity contribution in [2.75, 3.05) is 0 Å². The third kappa shape index (κ3) is 5.19. The summed E-state index contributed by atoms with van der Waals surface area (Å²) in [6.45, 7) is 35.4. The highest BCUT2D eigenvalue weighted by Crippen LogP contribution is 2.71. The van der Waals surface area contributed by atoms with Crippen LogP contribution in [0.3, 0.4) is 0 Å². The molecule has 0 atom stereocenters. The molecule has 0 aliphatic carbocycles. The van der Waals surface area contributed by atoms with E-state index in [1.54, 1.807) is 0 Å². The van der Waals surface area contributed by atoms with Crippen molar-refractivity contribution in [3.63, 3.8) is 0 Å². The van der Waals surface area contributed by atoms with Gasteiger partial charge >= 0.3 is 0 Å². The van der Waals surface area contributed by atoms with Crippen LogP contribution in [0.25, 0.3) is 0 Å². The van der Waals surface area contributed by atoms with E-state index in [1.807, 2.05) is 0 Å². The van der Waals surface area contributed by atoms with Gasteiger partial charge in [0.2, 0.25) is 0 Å². The molecule has 1 nitrogen and oxygen atoms in total. The smallest absolute Gasteiger partial charge is 0.114 e. The van der Waals surface area contributed by atoms with Crippen LogP contribution in [-0.4, -0.2) is 45.8 Å². The molecule has 2 aromatic rings. The average Bonchev–Trinajstić information content (AvgIpc) is 3.14. The minimum Gasteiger partial charge on any atom is -0.318 e. The molecule has 0 unspecified atom stereocenters. The maximum Gasteiger partial charge on any atom is 0.114 e. The van der Waals surface area contributed by atoms with E-state index >= 15 is 0 Å². The van der Waals surface area contributed by atoms with Crippen LogP contribution in [-0.2, 0) is 13.1 Å². The lowest BCUT2D eigenvalue weighted by atomic mass is 10.2. The van der Waals surface area contributed by atoms with Crippen molar-refractivity contribution in [3.05, 3.63) is 71.8 Å². The average molecular weight is 570 g/mol. The first-order valence-corrected chi connectivity index (χ1v) is 29.9. The Kier molecular flexibility index (Phi) is 8.53. The van der Waals surface area contributed by atoms with Crippen molar-refractivity contribution in [3.8, 4) is 0 Å². The van der Waals surface area contributed by atoms with E-state index in [0.29, 0.717) is 8.57 Å². The second-order valence-electron chi connectivity index (χ2n) is 15.7. The van der Waals surface area contributed by atoms with Crippen LogP contribution in [0.5, 0.6) is 0 Å². The molecule has 0 bridgehead atoms. The summed E-state index contributed by atoms with van der Waals surface area (Å²) in [5.41, 5.74) is 3.01. The topological polar surface area (TPSA) is 3.24 Å². The van der Waals surface area contributed by atoms with Crippen LogP contribution in [0.2, 0.25) is 87.1 Å². The van der Waals surface area contributed by atoms with E-state index in [-0.39, 0.29) is 0 Å². The van der Waals surface area contributed by atoms with Gasteiger partial charge in [0, 0.05) is 45.4 Å². The van der Waals surface area contributed by atoms with Gasteiger partial charge in [-0.2, -0.15) is 0 Å². The van der Waals surface area contributed by atoms with Crippen molar-refractivity contribution in [1.29, 1.82) is 0 Å². The molecule has 0 radical (unpaired) electrons. The summed E-state index contributed by atoms with van der Waals surface area (Å²) in [5, 5.41) is 0. The second kappa shape index (κ2) is 10.2. The van der Waals surface area contributed by atoms with E-state index in [4.69, 9.17) is 0 Å². The van der Waals surface area contributed by atoms with Crippen molar-refractivity contribution >= 4 is 41.3 Å². The molecule has 3 rings (SSSR count). The molecule has 2 aromatic carbocycles. The number of hydrogen-bond acceptors (Lipinski definition) is 1. The Hall–Kier alpha value is -0.516. The lowest BCUT2D eigenvalue weighted by molar-refractivity contribution is 0.409. The highest BCUT2D eigenvalue weighted by atomic mass is 28.5. The van der Waals surface area contributed by atoms with Crippen molar-refractivity contribution in [2.24, 2.45) is 0 Å². The molecule has 6 heteroatoms. The Labute approximate surface area is 229 Å². The van der Waals surface area contributed by atoms with Gasteiger partial charge in [0.05, 0.1) is 0 Å². The summed E-state index contributed by atoms with van der Waals surface area (Å²) >= 11 is 0. The number of nitrogens with zero attached hydrogens (tertiary/aromatic N) is 1. The second-order valence-corrected chi connectivity index (χ2v) is 44.1. The Bertz CT molecular complexity index is 885. The Morgan fingerprint density at radius 1 is 0.528 bits per heavy atom. The van der Waals surface area contributed by atoms with Gasteiger partial charge in [0.1, 0.15) is 8.96 Å². The van der Waals surface area contributed by atoms with Gasteiger partial charge in [-0.3, -0.25) is 0 Å². The summed E-state index contributed by atoms with van der Waals surface area (Å²) in [6, 6.07) is 22.9. The molecular formula is C30H55NSi5. The molecule has 200 valence electrons. The van der Waals surface area contributed by atoms with E-state index in [0.717, 1.165) is 13.1 Å². The van der Waals surface area contributed by atoms with E-state index in [1.165, 1.54) is 24.0 Å². The van der Waals surface area contributed by atoms with Crippen molar-refractivity contribution in [2.45, 2.75) is 113 Å². The van der Waals surface area contributed by atoms with Crippen LogP contribution in [0, 0.1) is 0 Å². The highest BCUT2D eigenvalue weighted by molar-refractivity contribution is 7.20. The zero-order valence-corrected chi connectivity index (χ0v) is 30.8. The maximum absolute atomic E-state index is 3.19. The summed E-state index contributed by atoms with van der Waals surface area (Å²) in [4.78, 5) is 0. The number of benzene rings is 2. The summed E-state index contributed by atoms with van der Waals surface area (Å²) in [6.07, 6.45) is 3.04. The lowest BCUT2D eigenvalue weighted by Crippen LogP contribution is -2.73. The zero-order valence-electron chi connectivity index (χ0n) is 25.6. The molecule has 0 aromatic heterocycles. The number of hydrogen-bond donors (Lipinski definition) is 0. The number of rotatable bonds is 9. The molecule has 1 heterocycles. The highest BCUT2D eigenvalue weighted by Gasteiger charge is 2.73. The van der Waals surface area contributed by atoms with Crippen LogP contribution >= 0.6 is 0 Å². The largest absolute Gasteiger partial charge is 0.318 e. The standard InChI is InChI=1S/C30H55NSi5/c1-33(2,3)29(34(4,5)6)23-24-30(35(7,8)9,36(10,11)12)32(29)31(25-27-19-15-13-16-20-27)26-28-21-17-14-18-22-28/h13-22,32H,23-26H2,1-12H3. The van der Waals surface area contributed by atoms with Gasteiger partial charge < -0.3 is 4.57 Å². The van der Waals surface area contributed by atoms with E-state index in [9.17, 15) is 0 Å². The molecule has 0 saturated carbocycles. The maximum atomic E-state index is 3.19. The molecular weight excluding hydrogens is 515 g/mol. The normalized spacial score (nSPS) is 19.1. The molecule has 36 heavy (non-hydrogen) atoms. The third-order valence-electron chi connectivity index (χ3n) is 10.0. The molecule has 0 amide bonds. The molecule has 1 fully saturated rings. The summed E-state index contributed by atoms with van der Waals surface area (Å²) < 4.78 is 4.44. The summed E-state index contributed by atoms with van der Waals surface area (Å²) in [7, 11) is -7.42. The van der Waals surface area contributed by atoms with Gasteiger partial charge in [0.15, 0.2) is 0 Å². The fourth-order valence-corrected chi connectivity index (χ4v) is 54.2. The molecule has 1 aliphatic heterocycles. The SMILES string of the molecule is C[Si](C)(C)C1([Si](C)(C)C)CCC([Si](C)(C)C)([Si](C)(C)C)[SiH]1N(Cc1ccccc1)Cc1ccccc1. The van der Waals surface area contributed by atoms with Crippen molar-refractivity contribution < 1.29 is 0 Å². The fraction of sp³-hybridized carbons (Fsp3) is 0.600. The lowest BCUT2D eigenvalue weighted by Gasteiger charge is -2.63. The van der Waals surface area contributed by atoms with E-state index < -0.39 is 41.3 Å². The van der Waals surface area contributed by atoms with Crippen LogP contribution in [0.1, 0.15) is 24.0 Å². The first-order valence-electron chi connectivity index (χ1n) is 14.2. The minimum absolute atomic E-state index is 0.629. The predicted molar refractivity (Wildman–Crippen MR) is 177 cm³/mol. The first kappa shape index (κ1) is 30.0. The molecule has 0 N–H and O–H groups in total. The van der Waals surface area contributed by atoms with Crippen molar-refractivity contribution in [1.82, 2.24) is 4.57 Å².